The molecule has 0 unspecified atom stereocenters. The first-order valence-corrected chi connectivity index (χ1v) is 7.81. The highest BCUT2D eigenvalue weighted by Crippen LogP contribution is 2.33. The molecule has 4 nitrogen and oxygen atoms in total. The SMILES string of the molecule is O=C(O)NC[C@@H](c1ccc(Br)c(Cl)c1)[C@@H](O)c1ccccc1. The Morgan fingerprint density at radius 2 is 1.86 bits per heavy atom. The first kappa shape index (κ1) is 16.8. The van der Waals surface area contributed by atoms with Crippen LogP contribution in [0.5, 0.6) is 0 Å². The summed E-state index contributed by atoms with van der Waals surface area (Å²) in [6, 6.07) is 14.4. The Balaban J connectivity index is 2.33. The predicted octanol–water partition coefficient (Wildman–Crippen LogP) is 4.19. The number of hydrogen-bond donors (Lipinski definition) is 3. The van der Waals surface area contributed by atoms with E-state index >= 15 is 0 Å². The molecule has 0 aliphatic heterocycles. The minimum Gasteiger partial charge on any atom is -0.465 e. The molecular weight excluding hydrogens is 370 g/mol. The summed E-state index contributed by atoms with van der Waals surface area (Å²) >= 11 is 9.42. The molecular formula is C16H15BrClNO3. The minimum absolute atomic E-state index is 0.0867. The van der Waals surface area contributed by atoms with E-state index in [4.69, 9.17) is 16.7 Å². The van der Waals surface area contributed by atoms with Gasteiger partial charge in [-0.25, -0.2) is 4.79 Å². The molecule has 0 heterocycles. The molecule has 0 fully saturated rings. The zero-order valence-electron chi connectivity index (χ0n) is 11.5. The van der Waals surface area contributed by atoms with Gasteiger partial charge < -0.3 is 15.5 Å². The highest BCUT2D eigenvalue weighted by Gasteiger charge is 2.24. The molecule has 1 amide bonds. The van der Waals surface area contributed by atoms with Gasteiger partial charge in [-0.1, -0.05) is 48.0 Å². The molecule has 2 aromatic rings. The number of carboxylic acid groups (broad SMARTS) is 1. The van der Waals surface area contributed by atoms with Gasteiger partial charge in [0.15, 0.2) is 0 Å². The highest BCUT2D eigenvalue weighted by molar-refractivity contribution is 9.10. The number of amides is 1. The number of benzene rings is 2. The third kappa shape index (κ3) is 4.22. The molecule has 0 aliphatic carbocycles. The van der Waals surface area contributed by atoms with Crippen molar-refractivity contribution < 1.29 is 15.0 Å². The van der Waals surface area contributed by atoms with Crippen LogP contribution < -0.4 is 5.32 Å². The molecule has 2 rings (SSSR count). The smallest absolute Gasteiger partial charge is 0.404 e. The normalized spacial score (nSPS) is 13.4. The quantitative estimate of drug-likeness (QED) is 0.724. The second-order valence-electron chi connectivity index (χ2n) is 4.82. The van der Waals surface area contributed by atoms with Crippen molar-refractivity contribution in [3.8, 4) is 0 Å². The van der Waals surface area contributed by atoms with Crippen molar-refractivity contribution in [1.82, 2.24) is 5.32 Å². The summed E-state index contributed by atoms with van der Waals surface area (Å²) in [5, 5.41) is 22.3. The molecule has 0 saturated carbocycles. The van der Waals surface area contributed by atoms with Crippen LogP contribution in [-0.4, -0.2) is 22.9 Å². The van der Waals surface area contributed by atoms with Gasteiger partial charge in [-0.05, 0) is 39.2 Å². The van der Waals surface area contributed by atoms with Gasteiger partial charge in [-0.2, -0.15) is 0 Å². The maximum Gasteiger partial charge on any atom is 0.404 e. The lowest BCUT2D eigenvalue weighted by Gasteiger charge is -2.24. The summed E-state index contributed by atoms with van der Waals surface area (Å²) < 4.78 is 0.747. The third-order valence-corrected chi connectivity index (χ3v) is 4.60. The van der Waals surface area contributed by atoms with Gasteiger partial charge in [0, 0.05) is 16.9 Å². The number of carbonyl (C=O) groups is 1. The topological polar surface area (TPSA) is 69.6 Å². The molecule has 0 saturated heterocycles. The van der Waals surface area contributed by atoms with E-state index in [-0.39, 0.29) is 6.54 Å². The predicted molar refractivity (Wildman–Crippen MR) is 89.3 cm³/mol. The molecule has 22 heavy (non-hydrogen) atoms. The molecule has 3 N–H and O–H groups in total. The first-order chi connectivity index (χ1) is 10.5. The molecule has 116 valence electrons. The average Bonchev–Trinajstić information content (AvgIpc) is 2.51. The second kappa shape index (κ2) is 7.63. The Bertz CT molecular complexity index is 651. The van der Waals surface area contributed by atoms with Crippen LogP contribution in [0, 0.1) is 0 Å². The van der Waals surface area contributed by atoms with E-state index in [0.29, 0.717) is 5.02 Å². The Labute approximate surface area is 141 Å². The third-order valence-electron chi connectivity index (χ3n) is 3.37. The van der Waals surface area contributed by atoms with E-state index in [1.807, 2.05) is 24.3 Å². The molecule has 2 aromatic carbocycles. The van der Waals surface area contributed by atoms with Crippen molar-refractivity contribution in [2.75, 3.05) is 6.54 Å². The van der Waals surface area contributed by atoms with Crippen LogP contribution in [0.4, 0.5) is 4.79 Å². The minimum atomic E-state index is -1.13. The van der Waals surface area contributed by atoms with Crippen LogP contribution in [0.1, 0.15) is 23.1 Å². The molecule has 2 atom stereocenters. The van der Waals surface area contributed by atoms with E-state index < -0.39 is 18.1 Å². The fraction of sp³-hybridized carbons (Fsp3) is 0.188. The van der Waals surface area contributed by atoms with Crippen molar-refractivity contribution in [3.63, 3.8) is 0 Å². The monoisotopic (exact) mass is 383 g/mol. The summed E-state index contributed by atoms with van der Waals surface area (Å²) in [5.74, 6) is -0.441. The fourth-order valence-electron chi connectivity index (χ4n) is 2.23. The van der Waals surface area contributed by atoms with E-state index in [0.717, 1.165) is 15.6 Å². The van der Waals surface area contributed by atoms with Crippen molar-refractivity contribution in [2.24, 2.45) is 0 Å². The van der Waals surface area contributed by atoms with Crippen LogP contribution >= 0.6 is 27.5 Å². The first-order valence-electron chi connectivity index (χ1n) is 6.64. The highest BCUT2D eigenvalue weighted by atomic mass is 79.9. The van der Waals surface area contributed by atoms with Crippen molar-refractivity contribution >= 4 is 33.6 Å². The van der Waals surface area contributed by atoms with Gasteiger partial charge in [0.2, 0.25) is 0 Å². The van der Waals surface area contributed by atoms with Crippen molar-refractivity contribution in [2.45, 2.75) is 12.0 Å². The number of rotatable bonds is 5. The standard InChI is InChI=1S/C16H15BrClNO3/c17-13-7-6-11(8-14(13)18)12(9-19-16(21)22)15(20)10-4-2-1-3-5-10/h1-8,12,15,19-20H,9H2,(H,21,22)/t12-,15-/m0/s1. The van der Waals surface area contributed by atoms with Gasteiger partial charge in [0.05, 0.1) is 11.1 Å². The fourth-order valence-corrected chi connectivity index (χ4v) is 2.67. The van der Waals surface area contributed by atoms with E-state index in [1.54, 1.807) is 24.3 Å². The van der Waals surface area contributed by atoms with Crippen LogP contribution in [0.25, 0.3) is 0 Å². The van der Waals surface area contributed by atoms with Crippen LogP contribution in [0.3, 0.4) is 0 Å². The summed E-state index contributed by atoms with van der Waals surface area (Å²) in [6.45, 7) is 0.0867. The Morgan fingerprint density at radius 1 is 1.18 bits per heavy atom. The molecule has 0 aromatic heterocycles. The molecule has 0 bridgehead atoms. The number of halogens is 2. The van der Waals surface area contributed by atoms with Crippen molar-refractivity contribution in [3.05, 3.63) is 69.2 Å². The summed E-state index contributed by atoms with van der Waals surface area (Å²) in [7, 11) is 0. The number of aliphatic hydroxyl groups is 1. The number of nitrogens with one attached hydrogen (secondary N) is 1. The van der Waals surface area contributed by atoms with E-state index in [9.17, 15) is 9.90 Å². The lowest BCUT2D eigenvalue weighted by atomic mass is 9.89. The summed E-state index contributed by atoms with van der Waals surface area (Å²) in [6.07, 6.45) is -1.97. The number of aliphatic hydroxyl groups excluding tert-OH is 1. The summed E-state index contributed by atoms with van der Waals surface area (Å²) in [4.78, 5) is 10.8. The Morgan fingerprint density at radius 3 is 2.45 bits per heavy atom. The van der Waals surface area contributed by atoms with Crippen LogP contribution in [-0.2, 0) is 0 Å². The van der Waals surface area contributed by atoms with Crippen molar-refractivity contribution in [1.29, 1.82) is 0 Å². The van der Waals surface area contributed by atoms with Crippen LogP contribution in [0.15, 0.2) is 53.0 Å². The second-order valence-corrected chi connectivity index (χ2v) is 6.08. The molecule has 6 heteroatoms. The maximum absolute atomic E-state index is 10.8. The summed E-state index contributed by atoms with van der Waals surface area (Å²) in [5.41, 5.74) is 1.48. The Kier molecular flexibility index (Phi) is 5.83. The van der Waals surface area contributed by atoms with Gasteiger partial charge in [-0.15, -0.1) is 0 Å². The van der Waals surface area contributed by atoms with Crippen LogP contribution in [0.2, 0.25) is 5.02 Å². The van der Waals surface area contributed by atoms with Gasteiger partial charge in [0.25, 0.3) is 0 Å². The zero-order valence-corrected chi connectivity index (χ0v) is 13.9. The largest absolute Gasteiger partial charge is 0.465 e. The van der Waals surface area contributed by atoms with E-state index in [1.165, 1.54) is 0 Å². The molecule has 0 radical (unpaired) electrons. The Hall–Kier alpha value is -1.56. The van der Waals surface area contributed by atoms with Gasteiger partial charge >= 0.3 is 6.09 Å². The number of hydrogen-bond acceptors (Lipinski definition) is 2. The average molecular weight is 385 g/mol. The molecule has 0 spiro atoms. The van der Waals surface area contributed by atoms with E-state index in [2.05, 4.69) is 21.2 Å². The lowest BCUT2D eigenvalue weighted by Crippen LogP contribution is -2.29. The van der Waals surface area contributed by atoms with Gasteiger partial charge in [-0.3, -0.25) is 0 Å². The molecule has 0 aliphatic rings. The van der Waals surface area contributed by atoms with Gasteiger partial charge in [0.1, 0.15) is 0 Å². The maximum atomic E-state index is 10.8. The lowest BCUT2D eigenvalue weighted by molar-refractivity contribution is 0.140. The zero-order chi connectivity index (χ0) is 16.1.